The van der Waals surface area contributed by atoms with Gasteiger partial charge in [0.05, 0.1) is 24.5 Å². The number of nitrogens with zero attached hydrogens (tertiary/aromatic N) is 7. The van der Waals surface area contributed by atoms with Gasteiger partial charge in [0.15, 0.2) is 17.4 Å². The molecule has 2 N–H and O–H groups in total. The maximum atomic E-state index is 14.4. The van der Waals surface area contributed by atoms with Gasteiger partial charge in [-0.25, -0.2) is 19.3 Å². The summed E-state index contributed by atoms with van der Waals surface area (Å²) in [7, 11) is 0. The Kier molecular flexibility index (Phi) is 7.39. The predicted molar refractivity (Wildman–Crippen MR) is 140 cm³/mol. The minimum Gasteiger partial charge on any atom is -0.388 e. The van der Waals surface area contributed by atoms with Crippen LogP contribution in [0, 0.1) is 0 Å². The van der Waals surface area contributed by atoms with Crippen LogP contribution in [0.25, 0.3) is 22.0 Å². The lowest BCUT2D eigenvalue weighted by molar-refractivity contribution is -0.137. The van der Waals surface area contributed by atoms with Crippen LogP contribution < -0.4 is 5.32 Å². The maximum absolute atomic E-state index is 14.4. The molecule has 1 fully saturated rings. The van der Waals surface area contributed by atoms with Crippen LogP contribution in [0.3, 0.4) is 0 Å². The molecular weight excluding hydrogens is 575 g/mol. The van der Waals surface area contributed by atoms with Gasteiger partial charge in [0.2, 0.25) is 11.8 Å². The molecule has 0 aliphatic carbocycles. The van der Waals surface area contributed by atoms with Gasteiger partial charge in [-0.2, -0.15) is 5.10 Å². The molecule has 14 heteroatoms. The summed E-state index contributed by atoms with van der Waals surface area (Å²) in [5.41, 5.74) is 2.07. The summed E-state index contributed by atoms with van der Waals surface area (Å²) in [6.45, 7) is 0.549. The zero-order valence-electron chi connectivity index (χ0n) is 20.6. The molecule has 0 saturated carbocycles. The Labute approximate surface area is 229 Å². The van der Waals surface area contributed by atoms with Crippen LogP contribution in [-0.4, -0.2) is 76.1 Å². The highest BCUT2D eigenvalue weighted by atomic mass is 79.9. The third-order valence-electron chi connectivity index (χ3n) is 6.28. The van der Waals surface area contributed by atoms with E-state index in [4.69, 9.17) is 0 Å². The van der Waals surface area contributed by atoms with Crippen molar-refractivity contribution in [3.63, 3.8) is 0 Å². The van der Waals surface area contributed by atoms with Gasteiger partial charge in [-0.3, -0.25) is 24.0 Å². The molecule has 1 aromatic carbocycles. The van der Waals surface area contributed by atoms with Crippen molar-refractivity contribution in [3.8, 4) is 11.1 Å². The molecule has 200 valence electrons. The molecule has 4 heterocycles. The lowest BCUT2D eigenvalue weighted by Gasteiger charge is -2.23. The van der Waals surface area contributed by atoms with Gasteiger partial charge in [0.25, 0.3) is 0 Å². The highest BCUT2D eigenvalue weighted by Gasteiger charge is 2.40. The van der Waals surface area contributed by atoms with E-state index < -0.39 is 24.0 Å². The van der Waals surface area contributed by atoms with Crippen molar-refractivity contribution in [2.45, 2.75) is 38.7 Å². The fraction of sp³-hybridized carbons (Fsp3) is 0.280. The number of halogens is 2. The SMILES string of the molecule is CC(=O)c1nn(CC(=O)N2C[C@H](F)C[C@H]2C(=O)Nc2cncc(Br)n2)c2ccc(-c3cnc(CO)nc3)cc12. The average Bonchev–Trinajstić information content (AvgIpc) is 3.49. The van der Waals surface area contributed by atoms with Gasteiger partial charge in [-0.1, -0.05) is 6.07 Å². The molecule has 0 unspecified atom stereocenters. The standard InChI is InChI=1S/C25H22BrFN8O4/c1-13(37)24-17-4-14(15-6-29-22(12-36)30-7-15)2-3-18(17)35(33-24)11-23(38)34-10-16(27)5-19(34)25(39)32-21-9-28-8-20(26)31-21/h2-4,6-9,16,19,36H,5,10-12H2,1H3,(H,31,32,39)/t16-,19+/m1/s1. The van der Waals surface area contributed by atoms with Crippen molar-refractivity contribution in [3.05, 3.63) is 59.1 Å². The van der Waals surface area contributed by atoms with Gasteiger partial charge >= 0.3 is 0 Å². The van der Waals surface area contributed by atoms with E-state index >= 15 is 0 Å². The molecule has 1 aliphatic rings. The first-order valence-corrected chi connectivity index (χ1v) is 12.7. The number of alkyl halides is 1. The number of amides is 2. The number of likely N-dealkylation sites (tertiary alicyclic amines) is 1. The minimum absolute atomic E-state index is 0.155. The largest absolute Gasteiger partial charge is 0.388 e. The number of carbonyl (C=O) groups is 3. The summed E-state index contributed by atoms with van der Waals surface area (Å²) >= 11 is 3.17. The zero-order chi connectivity index (χ0) is 27.7. The van der Waals surface area contributed by atoms with Gasteiger partial charge in [0.1, 0.15) is 35.7 Å². The second-order valence-electron chi connectivity index (χ2n) is 8.95. The number of anilines is 1. The van der Waals surface area contributed by atoms with E-state index in [2.05, 4.69) is 46.3 Å². The van der Waals surface area contributed by atoms with E-state index in [1.54, 1.807) is 30.6 Å². The Bertz CT molecular complexity index is 1580. The smallest absolute Gasteiger partial charge is 0.248 e. The van der Waals surface area contributed by atoms with Crippen molar-refractivity contribution in [1.29, 1.82) is 0 Å². The van der Waals surface area contributed by atoms with Crippen molar-refractivity contribution >= 4 is 50.2 Å². The maximum Gasteiger partial charge on any atom is 0.248 e. The molecule has 5 rings (SSSR count). The van der Waals surface area contributed by atoms with E-state index in [1.165, 1.54) is 28.9 Å². The Morgan fingerprint density at radius 1 is 1.15 bits per heavy atom. The Morgan fingerprint density at radius 3 is 2.62 bits per heavy atom. The Hall–Kier alpha value is -4.17. The topological polar surface area (TPSA) is 156 Å². The van der Waals surface area contributed by atoms with Crippen LogP contribution in [0.1, 0.15) is 29.7 Å². The third-order valence-corrected chi connectivity index (χ3v) is 6.66. The van der Waals surface area contributed by atoms with Crippen LogP contribution in [0.2, 0.25) is 0 Å². The van der Waals surface area contributed by atoms with Crippen LogP contribution in [-0.2, 0) is 22.7 Å². The number of nitrogens with one attached hydrogen (secondary N) is 1. The minimum atomic E-state index is -1.37. The molecule has 0 bridgehead atoms. The highest BCUT2D eigenvalue weighted by Crippen LogP contribution is 2.28. The Morgan fingerprint density at radius 2 is 1.92 bits per heavy atom. The number of hydrogen-bond donors (Lipinski definition) is 2. The normalized spacial score (nSPS) is 17.0. The molecule has 3 aromatic heterocycles. The predicted octanol–water partition coefficient (Wildman–Crippen LogP) is 2.32. The molecule has 1 aliphatic heterocycles. The lowest BCUT2D eigenvalue weighted by atomic mass is 10.0. The van der Waals surface area contributed by atoms with E-state index in [-0.39, 0.29) is 49.2 Å². The number of ketones is 1. The first-order valence-electron chi connectivity index (χ1n) is 11.9. The third kappa shape index (κ3) is 5.52. The number of aromatic nitrogens is 6. The monoisotopic (exact) mass is 596 g/mol. The molecule has 1 saturated heterocycles. The van der Waals surface area contributed by atoms with Crippen molar-refractivity contribution in [2.75, 3.05) is 11.9 Å². The number of fused-ring (bicyclic) bond motifs is 1. The fourth-order valence-electron chi connectivity index (χ4n) is 4.46. The summed E-state index contributed by atoms with van der Waals surface area (Å²) < 4.78 is 16.2. The second kappa shape index (κ2) is 10.9. The number of rotatable bonds is 7. The van der Waals surface area contributed by atoms with Crippen LogP contribution in [0.5, 0.6) is 0 Å². The summed E-state index contributed by atoms with van der Waals surface area (Å²) in [5, 5.41) is 16.6. The summed E-state index contributed by atoms with van der Waals surface area (Å²) in [6, 6.07) is 4.20. The second-order valence-corrected chi connectivity index (χ2v) is 9.76. The van der Waals surface area contributed by atoms with Crippen molar-refractivity contribution in [1.82, 2.24) is 34.6 Å². The fourth-order valence-corrected chi connectivity index (χ4v) is 4.77. The molecule has 2 atom stereocenters. The first kappa shape index (κ1) is 26.4. The van der Waals surface area contributed by atoms with E-state index in [1.807, 2.05) is 0 Å². The molecule has 2 amide bonds. The number of hydrogen-bond acceptors (Lipinski definition) is 9. The molecule has 12 nitrogen and oxygen atoms in total. The quantitative estimate of drug-likeness (QED) is 0.305. The first-order chi connectivity index (χ1) is 18.7. The molecule has 0 radical (unpaired) electrons. The summed E-state index contributed by atoms with van der Waals surface area (Å²) in [5.74, 6) is -0.949. The lowest BCUT2D eigenvalue weighted by Crippen LogP contribution is -2.44. The summed E-state index contributed by atoms with van der Waals surface area (Å²) in [4.78, 5) is 56.0. The highest BCUT2D eigenvalue weighted by molar-refractivity contribution is 9.10. The molecule has 39 heavy (non-hydrogen) atoms. The Balaban J connectivity index is 1.40. The summed E-state index contributed by atoms with van der Waals surface area (Å²) in [6.07, 6.45) is 4.39. The number of aliphatic hydroxyl groups is 1. The van der Waals surface area contributed by atoms with Gasteiger partial charge in [0, 0.05) is 36.7 Å². The molecule has 4 aromatic rings. The molecule has 0 spiro atoms. The van der Waals surface area contributed by atoms with Crippen LogP contribution in [0.15, 0.2) is 47.6 Å². The molecular formula is C25H22BrFN8O4. The van der Waals surface area contributed by atoms with Gasteiger partial charge in [-0.15, -0.1) is 0 Å². The zero-order valence-corrected chi connectivity index (χ0v) is 22.2. The van der Waals surface area contributed by atoms with E-state index in [9.17, 15) is 23.9 Å². The van der Waals surface area contributed by atoms with E-state index in [0.717, 1.165) is 0 Å². The van der Waals surface area contributed by atoms with E-state index in [0.29, 0.717) is 26.6 Å². The average molecular weight is 597 g/mol. The van der Waals surface area contributed by atoms with Gasteiger partial charge < -0.3 is 15.3 Å². The van der Waals surface area contributed by atoms with Crippen molar-refractivity contribution < 1.29 is 23.9 Å². The number of aliphatic hydroxyl groups excluding tert-OH is 1. The van der Waals surface area contributed by atoms with Gasteiger partial charge in [-0.05, 0) is 33.6 Å². The van der Waals surface area contributed by atoms with Crippen LogP contribution in [0.4, 0.5) is 10.2 Å². The number of benzene rings is 1. The number of Topliss-reactive ketones (excluding diaryl/α,β-unsaturated/α-hetero) is 1. The number of carbonyl (C=O) groups excluding carboxylic acids is 3. The van der Waals surface area contributed by atoms with Crippen molar-refractivity contribution in [2.24, 2.45) is 0 Å². The van der Waals surface area contributed by atoms with Crippen LogP contribution >= 0.6 is 15.9 Å².